The van der Waals surface area contributed by atoms with Gasteiger partial charge in [0.05, 0.1) is 29.2 Å². The van der Waals surface area contributed by atoms with Crippen molar-refractivity contribution in [1.82, 2.24) is 10.2 Å². The van der Waals surface area contributed by atoms with Gasteiger partial charge < -0.3 is 20.6 Å². The fourth-order valence-corrected chi connectivity index (χ4v) is 8.61. The Balaban J connectivity index is 1.76. The molecule has 0 aliphatic carbocycles. The lowest BCUT2D eigenvalue weighted by atomic mass is 9.66. The van der Waals surface area contributed by atoms with E-state index in [1.54, 1.807) is 40.9 Å². The summed E-state index contributed by atoms with van der Waals surface area (Å²) in [5, 5.41) is 16.8. The first-order valence-electron chi connectivity index (χ1n) is 12.1. The van der Waals surface area contributed by atoms with Crippen molar-refractivity contribution in [3.05, 3.63) is 29.3 Å². The van der Waals surface area contributed by atoms with E-state index < -0.39 is 33.4 Å². The molecular weight excluding hydrogens is 474 g/mol. The van der Waals surface area contributed by atoms with Gasteiger partial charge in [-0.25, -0.2) is 0 Å². The molecule has 4 rings (SSSR count). The van der Waals surface area contributed by atoms with Gasteiger partial charge in [-0.3, -0.25) is 14.4 Å². The first-order chi connectivity index (χ1) is 16.1. The highest BCUT2D eigenvalue weighted by Gasteiger charge is 2.77. The van der Waals surface area contributed by atoms with Crippen molar-refractivity contribution >= 4 is 46.8 Å². The fourth-order valence-electron chi connectivity index (χ4n) is 6.14. The van der Waals surface area contributed by atoms with Gasteiger partial charge in [-0.15, -0.1) is 11.8 Å². The monoisotopic (exact) mass is 507 g/mol. The maximum absolute atomic E-state index is 14.0. The number of aliphatic hydroxyl groups excluding tert-OH is 1. The number of nitrogens with zero attached hydrogens (tertiary/aromatic N) is 1. The van der Waals surface area contributed by atoms with Gasteiger partial charge in [0.25, 0.3) is 0 Å². The normalized spacial score (nSPS) is 32.7. The SMILES string of the molecule is CCCNC(=O)[C@H]1[C@H]2C(=O)N([C@@H](CO)C(C)C)C(C(=O)Nc3ccc(Cl)cc3)C23CC[C@]1(C)S3. The number of fused-ring (bicyclic) bond motifs is 1. The fraction of sp³-hybridized carbons (Fsp3) is 0.640. The predicted octanol–water partition coefficient (Wildman–Crippen LogP) is 3.30. The van der Waals surface area contributed by atoms with Gasteiger partial charge in [-0.05, 0) is 56.4 Å². The third kappa shape index (κ3) is 3.91. The molecule has 3 N–H and O–H groups in total. The number of aliphatic hydroxyl groups is 1. The maximum Gasteiger partial charge on any atom is 0.248 e. The summed E-state index contributed by atoms with van der Waals surface area (Å²) in [6, 6.07) is 5.56. The minimum Gasteiger partial charge on any atom is -0.394 e. The molecule has 3 saturated heterocycles. The average molecular weight is 508 g/mol. The molecule has 186 valence electrons. The molecular formula is C25H34ClN3O4S. The van der Waals surface area contributed by atoms with Crippen LogP contribution >= 0.6 is 23.4 Å². The number of carbonyl (C=O) groups is 3. The smallest absolute Gasteiger partial charge is 0.248 e. The molecule has 3 amide bonds. The molecule has 0 saturated carbocycles. The number of rotatable bonds is 8. The number of anilines is 1. The lowest BCUT2D eigenvalue weighted by Crippen LogP contribution is -2.56. The van der Waals surface area contributed by atoms with Crippen LogP contribution in [0, 0.1) is 17.8 Å². The molecule has 9 heteroatoms. The van der Waals surface area contributed by atoms with Gasteiger partial charge >= 0.3 is 0 Å². The van der Waals surface area contributed by atoms with Crippen molar-refractivity contribution in [3.63, 3.8) is 0 Å². The molecule has 3 fully saturated rings. The van der Waals surface area contributed by atoms with Crippen LogP contribution in [-0.2, 0) is 14.4 Å². The zero-order valence-electron chi connectivity index (χ0n) is 20.1. The second kappa shape index (κ2) is 9.36. The summed E-state index contributed by atoms with van der Waals surface area (Å²) in [6.45, 7) is 8.23. The number of carbonyl (C=O) groups excluding carboxylic acids is 3. The Morgan fingerprint density at radius 2 is 1.91 bits per heavy atom. The van der Waals surface area contributed by atoms with E-state index in [4.69, 9.17) is 11.6 Å². The van der Waals surface area contributed by atoms with E-state index in [9.17, 15) is 19.5 Å². The Hall–Kier alpha value is -1.77. The van der Waals surface area contributed by atoms with Crippen molar-refractivity contribution in [2.75, 3.05) is 18.5 Å². The summed E-state index contributed by atoms with van der Waals surface area (Å²) in [4.78, 5) is 42.8. The highest BCUT2D eigenvalue weighted by molar-refractivity contribution is 8.02. The molecule has 1 aromatic carbocycles. The van der Waals surface area contributed by atoms with Crippen molar-refractivity contribution in [3.8, 4) is 0 Å². The molecule has 2 bridgehead atoms. The first kappa shape index (κ1) is 25.3. The predicted molar refractivity (Wildman–Crippen MR) is 135 cm³/mol. The first-order valence-corrected chi connectivity index (χ1v) is 13.3. The molecule has 1 aromatic rings. The van der Waals surface area contributed by atoms with Gasteiger partial charge in [0, 0.05) is 22.0 Å². The standard InChI is InChI=1S/C25H34ClN3O4S/c1-5-12-27-21(31)18-19-23(33)29(17(13-30)14(2)3)20(25(19)11-10-24(18,4)34-25)22(32)28-16-8-6-15(26)7-9-16/h6-9,14,17-20,30H,5,10-13H2,1-4H3,(H,27,31)(H,28,32)/t17-,18+,19-,20?,24-,25?/m0/s1. The molecule has 0 aromatic heterocycles. The third-order valence-corrected chi connectivity index (χ3v) is 9.96. The number of benzene rings is 1. The topological polar surface area (TPSA) is 98.7 Å². The van der Waals surface area contributed by atoms with Crippen LogP contribution in [0.1, 0.15) is 47.0 Å². The summed E-state index contributed by atoms with van der Waals surface area (Å²) in [5.41, 5.74) is 0.590. The Bertz CT molecular complexity index is 973. The van der Waals surface area contributed by atoms with E-state index in [1.165, 1.54) is 0 Å². The molecule has 6 atom stereocenters. The summed E-state index contributed by atoms with van der Waals surface area (Å²) in [6.07, 6.45) is 2.24. The van der Waals surface area contributed by atoms with E-state index in [0.717, 1.165) is 12.8 Å². The molecule has 3 aliphatic heterocycles. The minimum absolute atomic E-state index is 0.0554. The van der Waals surface area contributed by atoms with Crippen LogP contribution in [0.2, 0.25) is 5.02 Å². The van der Waals surface area contributed by atoms with Crippen molar-refractivity contribution in [1.29, 1.82) is 0 Å². The van der Waals surface area contributed by atoms with E-state index in [1.807, 2.05) is 20.8 Å². The van der Waals surface area contributed by atoms with Crippen LogP contribution in [0.5, 0.6) is 0 Å². The Morgan fingerprint density at radius 1 is 1.24 bits per heavy atom. The van der Waals surface area contributed by atoms with Gasteiger partial charge in [-0.1, -0.05) is 32.4 Å². The van der Waals surface area contributed by atoms with Gasteiger partial charge in [0.15, 0.2) is 0 Å². The quantitative estimate of drug-likeness (QED) is 0.501. The zero-order chi connectivity index (χ0) is 24.8. The highest BCUT2D eigenvalue weighted by atomic mass is 35.5. The maximum atomic E-state index is 14.0. The minimum atomic E-state index is -0.781. The summed E-state index contributed by atoms with van der Waals surface area (Å²) < 4.78 is -1.12. The molecule has 2 unspecified atom stereocenters. The van der Waals surface area contributed by atoms with E-state index >= 15 is 0 Å². The summed E-state index contributed by atoms with van der Waals surface area (Å²) >= 11 is 7.63. The summed E-state index contributed by atoms with van der Waals surface area (Å²) in [7, 11) is 0. The lowest BCUT2D eigenvalue weighted by Gasteiger charge is -2.38. The molecule has 1 spiro atoms. The number of thioether (sulfide) groups is 1. The molecule has 34 heavy (non-hydrogen) atoms. The number of hydrogen-bond acceptors (Lipinski definition) is 5. The highest BCUT2D eigenvalue weighted by Crippen LogP contribution is 2.71. The van der Waals surface area contributed by atoms with Crippen LogP contribution in [-0.4, -0.2) is 62.5 Å². The number of nitrogens with one attached hydrogen (secondary N) is 2. The van der Waals surface area contributed by atoms with Crippen molar-refractivity contribution in [2.45, 2.75) is 68.5 Å². The van der Waals surface area contributed by atoms with Gasteiger partial charge in [-0.2, -0.15) is 0 Å². The van der Waals surface area contributed by atoms with Gasteiger partial charge in [0.2, 0.25) is 17.7 Å². The molecule has 3 heterocycles. The van der Waals surface area contributed by atoms with Crippen molar-refractivity contribution in [2.24, 2.45) is 17.8 Å². The van der Waals surface area contributed by atoms with E-state index in [0.29, 0.717) is 23.7 Å². The third-order valence-electron chi connectivity index (χ3n) is 7.72. The zero-order valence-corrected chi connectivity index (χ0v) is 21.7. The van der Waals surface area contributed by atoms with E-state index in [2.05, 4.69) is 17.6 Å². The average Bonchev–Trinajstić information content (AvgIpc) is 3.35. The lowest BCUT2D eigenvalue weighted by molar-refractivity contribution is -0.143. The molecule has 7 nitrogen and oxygen atoms in total. The Kier molecular flexibility index (Phi) is 6.97. The second-order valence-electron chi connectivity index (χ2n) is 10.3. The van der Waals surface area contributed by atoms with Crippen LogP contribution in [0.15, 0.2) is 24.3 Å². The van der Waals surface area contributed by atoms with E-state index in [-0.39, 0.29) is 30.2 Å². The number of amides is 3. The van der Waals surface area contributed by atoms with Crippen LogP contribution in [0.4, 0.5) is 5.69 Å². The number of hydrogen-bond donors (Lipinski definition) is 3. The number of halogens is 1. The van der Waals surface area contributed by atoms with Crippen molar-refractivity contribution < 1.29 is 19.5 Å². The molecule has 0 radical (unpaired) electrons. The number of likely N-dealkylation sites (tertiary alicyclic amines) is 1. The van der Waals surface area contributed by atoms with Gasteiger partial charge in [0.1, 0.15) is 6.04 Å². The van der Waals surface area contributed by atoms with Crippen LogP contribution < -0.4 is 10.6 Å². The largest absolute Gasteiger partial charge is 0.394 e. The second-order valence-corrected chi connectivity index (χ2v) is 12.6. The van der Waals surface area contributed by atoms with Crippen LogP contribution in [0.25, 0.3) is 0 Å². The Labute approximate surface area is 210 Å². The molecule has 3 aliphatic rings. The van der Waals surface area contributed by atoms with Crippen LogP contribution in [0.3, 0.4) is 0 Å². The summed E-state index contributed by atoms with van der Waals surface area (Å²) in [5.74, 6) is -1.75. The Morgan fingerprint density at radius 3 is 2.50 bits per heavy atom.